The molecule has 0 aliphatic rings. The van der Waals surface area contributed by atoms with E-state index in [1.54, 1.807) is 12.4 Å². The van der Waals surface area contributed by atoms with Gasteiger partial charge in [-0.25, -0.2) is 13.8 Å². The number of aromatic nitrogens is 2. The van der Waals surface area contributed by atoms with Gasteiger partial charge in [0.15, 0.2) is 0 Å². The van der Waals surface area contributed by atoms with Crippen molar-refractivity contribution in [3.05, 3.63) is 71.0 Å². The fourth-order valence-corrected chi connectivity index (χ4v) is 2.76. The first kappa shape index (κ1) is 15.2. The van der Waals surface area contributed by atoms with E-state index in [-0.39, 0.29) is 12.1 Å². The Labute approximate surface area is 134 Å². The molecular formula is C16H11F2N3OS. The highest BCUT2D eigenvalue weighted by Crippen LogP contribution is 2.22. The molecule has 3 rings (SSSR count). The van der Waals surface area contributed by atoms with Crippen LogP contribution in [0.5, 0.6) is 0 Å². The van der Waals surface area contributed by atoms with Crippen LogP contribution in [0.1, 0.15) is 16.1 Å². The van der Waals surface area contributed by atoms with Gasteiger partial charge in [0.1, 0.15) is 16.6 Å². The van der Waals surface area contributed by atoms with Crippen LogP contribution < -0.4 is 5.32 Å². The molecule has 0 unspecified atom stereocenters. The number of pyridine rings is 1. The molecule has 0 atom stereocenters. The largest absolute Gasteiger partial charge is 0.346 e. The van der Waals surface area contributed by atoms with E-state index < -0.39 is 17.5 Å². The number of benzene rings is 1. The van der Waals surface area contributed by atoms with E-state index in [4.69, 9.17) is 0 Å². The third kappa shape index (κ3) is 3.57. The molecule has 4 nitrogen and oxygen atoms in total. The van der Waals surface area contributed by atoms with Crippen LogP contribution in [0.3, 0.4) is 0 Å². The molecular weight excluding hydrogens is 320 g/mol. The fraction of sp³-hybridized carbons (Fsp3) is 0.0625. The quantitative estimate of drug-likeness (QED) is 0.797. The second kappa shape index (κ2) is 6.62. The van der Waals surface area contributed by atoms with Crippen molar-refractivity contribution in [1.29, 1.82) is 0 Å². The summed E-state index contributed by atoms with van der Waals surface area (Å²) < 4.78 is 26.4. The summed E-state index contributed by atoms with van der Waals surface area (Å²) >= 11 is 1.43. The highest BCUT2D eigenvalue weighted by Gasteiger charge is 2.13. The highest BCUT2D eigenvalue weighted by molar-refractivity contribution is 7.13. The number of nitrogens with one attached hydrogen (secondary N) is 1. The number of carbonyl (C=O) groups is 1. The predicted molar refractivity (Wildman–Crippen MR) is 82.9 cm³/mol. The topological polar surface area (TPSA) is 54.9 Å². The zero-order valence-electron chi connectivity index (χ0n) is 11.8. The van der Waals surface area contributed by atoms with Gasteiger partial charge in [-0.2, -0.15) is 0 Å². The zero-order valence-corrected chi connectivity index (χ0v) is 12.6. The van der Waals surface area contributed by atoms with Crippen molar-refractivity contribution in [2.45, 2.75) is 6.54 Å². The number of halogens is 2. The molecule has 7 heteroatoms. The molecule has 1 aromatic carbocycles. The van der Waals surface area contributed by atoms with Crippen molar-refractivity contribution in [3.63, 3.8) is 0 Å². The smallest absolute Gasteiger partial charge is 0.254 e. The van der Waals surface area contributed by atoms with Gasteiger partial charge in [0.25, 0.3) is 5.91 Å². The number of amides is 1. The Kier molecular flexibility index (Phi) is 4.38. The Hall–Kier alpha value is -2.67. The van der Waals surface area contributed by atoms with Crippen LogP contribution in [-0.4, -0.2) is 15.9 Å². The summed E-state index contributed by atoms with van der Waals surface area (Å²) in [5, 5.41) is 5.16. The Balaban J connectivity index is 1.67. The minimum Gasteiger partial charge on any atom is -0.346 e. The van der Waals surface area contributed by atoms with Gasteiger partial charge in [-0.15, -0.1) is 11.3 Å². The average molecular weight is 331 g/mol. The van der Waals surface area contributed by atoms with Gasteiger partial charge in [0, 0.05) is 29.4 Å². The fourth-order valence-electron chi connectivity index (χ4n) is 1.95. The number of hydrogen-bond donors (Lipinski definition) is 1. The number of hydrogen-bond acceptors (Lipinski definition) is 4. The normalized spacial score (nSPS) is 10.5. The zero-order chi connectivity index (χ0) is 16.2. The molecule has 0 spiro atoms. The van der Waals surface area contributed by atoms with E-state index in [2.05, 4.69) is 15.3 Å². The van der Waals surface area contributed by atoms with Crippen molar-refractivity contribution in [3.8, 4) is 10.6 Å². The van der Waals surface area contributed by atoms with Gasteiger partial charge in [-0.05, 0) is 24.3 Å². The Morgan fingerprint density at radius 1 is 1.26 bits per heavy atom. The van der Waals surface area contributed by atoms with Crippen LogP contribution in [0.4, 0.5) is 8.78 Å². The second-order valence-electron chi connectivity index (χ2n) is 4.69. The van der Waals surface area contributed by atoms with Crippen LogP contribution in [0, 0.1) is 11.6 Å². The lowest BCUT2D eigenvalue weighted by Crippen LogP contribution is -2.24. The molecule has 0 fully saturated rings. The highest BCUT2D eigenvalue weighted by atomic mass is 32.1. The first-order valence-corrected chi connectivity index (χ1v) is 7.59. The van der Waals surface area contributed by atoms with Crippen molar-refractivity contribution < 1.29 is 13.6 Å². The third-order valence-electron chi connectivity index (χ3n) is 3.07. The molecule has 116 valence electrons. The molecule has 23 heavy (non-hydrogen) atoms. The van der Waals surface area contributed by atoms with Gasteiger partial charge in [0.05, 0.1) is 17.8 Å². The van der Waals surface area contributed by atoms with Crippen molar-refractivity contribution in [2.75, 3.05) is 0 Å². The molecule has 2 heterocycles. The Bertz CT molecular complexity index is 836. The molecule has 0 saturated heterocycles. The molecule has 1 N–H and O–H groups in total. The van der Waals surface area contributed by atoms with Crippen molar-refractivity contribution in [1.82, 2.24) is 15.3 Å². The lowest BCUT2D eigenvalue weighted by Gasteiger charge is -2.04. The molecule has 0 aliphatic carbocycles. The lowest BCUT2D eigenvalue weighted by atomic mass is 10.2. The number of thiazole rings is 1. The standard InChI is InChI=1S/C16H11F2N3OS/c17-11-3-4-13(14(18)6-11)15(22)20-8-12-9-23-16(21-12)10-2-1-5-19-7-10/h1-7,9H,8H2,(H,20,22). The van der Waals surface area contributed by atoms with Crippen molar-refractivity contribution >= 4 is 17.2 Å². The summed E-state index contributed by atoms with van der Waals surface area (Å²) in [6.45, 7) is 0.159. The number of nitrogens with zero attached hydrogens (tertiary/aromatic N) is 2. The average Bonchev–Trinajstić information content (AvgIpc) is 3.02. The molecule has 3 aromatic rings. The molecule has 1 amide bonds. The van der Waals surface area contributed by atoms with Crippen LogP contribution in [0.2, 0.25) is 0 Å². The van der Waals surface area contributed by atoms with E-state index in [0.29, 0.717) is 11.8 Å². The summed E-state index contributed by atoms with van der Waals surface area (Å²) in [7, 11) is 0. The summed E-state index contributed by atoms with van der Waals surface area (Å²) in [5.74, 6) is -2.23. The van der Waals surface area contributed by atoms with E-state index in [0.717, 1.165) is 22.7 Å². The van der Waals surface area contributed by atoms with Crippen LogP contribution in [0.15, 0.2) is 48.1 Å². The molecule has 0 aliphatic heterocycles. The van der Waals surface area contributed by atoms with E-state index in [1.807, 2.05) is 17.5 Å². The molecule has 0 saturated carbocycles. The van der Waals surface area contributed by atoms with Gasteiger partial charge < -0.3 is 5.32 Å². The van der Waals surface area contributed by atoms with Crippen LogP contribution >= 0.6 is 11.3 Å². The predicted octanol–water partition coefficient (Wildman–Crippen LogP) is 3.41. The van der Waals surface area contributed by atoms with E-state index >= 15 is 0 Å². The SMILES string of the molecule is O=C(NCc1csc(-c2cccnc2)n1)c1ccc(F)cc1F. The lowest BCUT2D eigenvalue weighted by molar-refractivity contribution is 0.0946. The van der Waals surface area contributed by atoms with Crippen LogP contribution in [-0.2, 0) is 6.54 Å². The second-order valence-corrected chi connectivity index (χ2v) is 5.55. The van der Waals surface area contributed by atoms with Gasteiger partial charge in [-0.1, -0.05) is 0 Å². The summed E-state index contributed by atoms with van der Waals surface area (Å²) in [6.07, 6.45) is 3.38. The maximum absolute atomic E-state index is 13.5. The van der Waals surface area contributed by atoms with Gasteiger partial charge in [-0.3, -0.25) is 9.78 Å². The maximum atomic E-state index is 13.5. The first-order valence-electron chi connectivity index (χ1n) is 6.71. The summed E-state index contributed by atoms with van der Waals surface area (Å²) in [4.78, 5) is 20.3. The van der Waals surface area contributed by atoms with E-state index in [1.165, 1.54) is 11.3 Å². The molecule has 0 radical (unpaired) electrons. The molecule has 0 bridgehead atoms. The minimum absolute atomic E-state index is 0.159. The Morgan fingerprint density at radius 2 is 2.13 bits per heavy atom. The summed E-state index contributed by atoms with van der Waals surface area (Å²) in [6, 6.07) is 6.54. The van der Waals surface area contributed by atoms with E-state index in [9.17, 15) is 13.6 Å². The van der Waals surface area contributed by atoms with Gasteiger partial charge >= 0.3 is 0 Å². The number of rotatable bonds is 4. The monoisotopic (exact) mass is 331 g/mol. The number of carbonyl (C=O) groups excluding carboxylic acids is 1. The van der Waals surface area contributed by atoms with Crippen LogP contribution in [0.25, 0.3) is 10.6 Å². The maximum Gasteiger partial charge on any atom is 0.254 e. The summed E-state index contributed by atoms with van der Waals surface area (Å²) in [5.41, 5.74) is 1.35. The minimum atomic E-state index is -0.892. The third-order valence-corrected chi connectivity index (χ3v) is 4.01. The van der Waals surface area contributed by atoms with Gasteiger partial charge in [0.2, 0.25) is 0 Å². The molecule has 2 aromatic heterocycles. The van der Waals surface area contributed by atoms with Crippen molar-refractivity contribution in [2.24, 2.45) is 0 Å². The Morgan fingerprint density at radius 3 is 2.87 bits per heavy atom. The first-order chi connectivity index (χ1) is 11.1.